The van der Waals surface area contributed by atoms with Crippen LogP contribution in [0.15, 0.2) is 18.2 Å². The lowest BCUT2D eigenvalue weighted by atomic mass is 9.81. The Labute approximate surface area is 242 Å². The van der Waals surface area contributed by atoms with Crippen molar-refractivity contribution in [2.45, 2.75) is 78.6 Å². The van der Waals surface area contributed by atoms with Crippen molar-refractivity contribution in [3.05, 3.63) is 23.8 Å². The highest BCUT2D eigenvalue weighted by atomic mass is 16.5. The van der Waals surface area contributed by atoms with Crippen LogP contribution in [-0.4, -0.2) is 83.6 Å². The Morgan fingerprint density at radius 2 is 1.75 bits per heavy atom. The molecule has 9 heteroatoms. The van der Waals surface area contributed by atoms with E-state index in [1.165, 1.54) is 0 Å². The molecule has 0 aliphatic rings. The van der Waals surface area contributed by atoms with E-state index in [-0.39, 0.29) is 29.8 Å². The number of rotatable bonds is 22. The monoisotopic (exact) mass is 568 g/mol. The lowest BCUT2D eigenvalue weighted by Gasteiger charge is -2.30. The molecule has 232 valence electrons. The third-order valence-electron chi connectivity index (χ3n) is 7.47. The molecule has 0 heterocycles. The third kappa shape index (κ3) is 13.2. The number of aliphatic hydroxyl groups is 1. The molecule has 5 atom stereocenters. The quantitative estimate of drug-likeness (QED) is 0.181. The van der Waals surface area contributed by atoms with Crippen LogP contribution in [-0.2, 0) is 25.4 Å². The molecule has 0 bridgehead atoms. The van der Waals surface area contributed by atoms with E-state index in [2.05, 4.69) is 25.2 Å². The number of carbonyl (C=O) groups excluding carboxylic acids is 1. The first kappa shape index (κ1) is 36.1. The normalized spacial score (nSPS) is 15.5. The van der Waals surface area contributed by atoms with Gasteiger partial charge in [-0.1, -0.05) is 33.8 Å². The molecule has 0 aliphatic heterocycles. The summed E-state index contributed by atoms with van der Waals surface area (Å²) in [5, 5.41) is 14.1. The van der Waals surface area contributed by atoms with Gasteiger partial charge >= 0.3 is 0 Å². The zero-order chi connectivity index (χ0) is 30.1. The fraction of sp³-hybridized carbons (Fsp3) is 0.774. The second-order valence-electron chi connectivity index (χ2n) is 11.2. The fourth-order valence-corrected chi connectivity index (χ4v) is 4.67. The minimum absolute atomic E-state index is 0.0530. The zero-order valence-corrected chi connectivity index (χ0v) is 26.1. The number of aliphatic hydroxyl groups excluding tert-OH is 1. The molecular formula is C31H56N2O7. The first-order valence-corrected chi connectivity index (χ1v) is 14.7. The Morgan fingerprint density at radius 3 is 2.33 bits per heavy atom. The summed E-state index contributed by atoms with van der Waals surface area (Å²) in [5.41, 5.74) is 7.68. The van der Waals surface area contributed by atoms with Gasteiger partial charge in [-0.15, -0.1) is 0 Å². The number of hydrogen-bond acceptors (Lipinski definition) is 8. The summed E-state index contributed by atoms with van der Waals surface area (Å²) < 4.78 is 27.4. The van der Waals surface area contributed by atoms with Crippen molar-refractivity contribution in [3.8, 4) is 11.5 Å². The molecule has 1 amide bonds. The highest BCUT2D eigenvalue weighted by Gasteiger charge is 2.30. The summed E-state index contributed by atoms with van der Waals surface area (Å²) in [4.78, 5) is 13.0. The molecule has 0 radical (unpaired) electrons. The van der Waals surface area contributed by atoms with Crippen LogP contribution in [0, 0.1) is 23.7 Å². The first-order valence-electron chi connectivity index (χ1n) is 14.7. The van der Waals surface area contributed by atoms with E-state index in [9.17, 15) is 9.90 Å². The molecule has 1 aromatic rings. The van der Waals surface area contributed by atoms with E-state index in [0.717, 1.165) is 18.4 Å². The van der Waals surface area contributed by atoms with Gasteiger partial charge in [-0.05, 0) is 61.6 Å². The van der Waals surface area contributed by atoms with Gasteiger partial charge < -0.3 is 39.8 Å². The molecule has 0 fully saturated rings. The Balaban J connectivity index is 2.82. The summed E-state index contributed by atoms with van der Waals surface area (Å²) >= 11 is 0. The van der Waals surface area contributed by atoms with Gasteiger partial charge in [0.15, 0.2) is 11.5 Å². The van der Waals surface area contributed by atoms with Gasteiger partial charge in [0.05, 0.1) is 32.5 Å². The highest BCUT2D eigenvalue weighted by molar-refractivity contribution is 5.78. The summed E-state index contributed by atoms with van der Waals surface area (Å²) in [6, 6.07) is 5.56. The summed E-state index contributed by atoms with van der Waals surface area (Å²) in [6.07, 6.45) is 1.52. The molecule has 4 N–H and O–H groups in total. The Hall–Kier alpha value is -1.91. The lowest BCUT2D eigenvalue weighted by molar-refractivity contribution is -0.128. The molecule has 0 aromatic heterocycles. The molecule has 1 rings (SSSR count). The van der Waals surface area contributed by atoms with Gasteiger partial charge in [-0.3, -0.25) is 4.79 Å². The number of nitrogens with one attached hydrogen (secondary N) is 1. The maximum Gasteiger partial charge on any atom is 0.223 e. The van der Waals surface area contributed by atoms with Crippen LogP contribution in [0.5, 0.6) is 11.5 Å². The van der Waals surface area contributed by atoms with Gasteiger partial charge in [0, 0.05) is 52.4 Å². The number of nitrogens with two attached hydrogens (primary N) is 1. The average Bonchev–Trinajstić information content (AvgIpc) is 2.93. The molecule has 0 saturated heterocycles. The van der Waals surface area contributed by atoms with Crippen molar-refractivity contribution in [1.82, 2.24) is 5.32 Å². The van der Waals surface area contributed by atoms with E-state index in [4.69, 9.17) is 29.4 Å². The average molecular weight is 569 g/mol. The second kappa shape index (κ2) is 20.0. The van der Waals surface area contributed by atoms with Gasteiger partial charge in [-0.2, -0.15) is 0 Å². The molecule has 0 saturated carbocycles. The summed E-state index contributed by atoms with van der Waals surface area (Å²) in [6.45, 7) is 12.8. The Kier molecular flexibility index (Phi) is 18.1. The maximum atomic E-state index is 13.0. The van der Waals surface area contributed by atoms with Crippen molar-refractivity contribution in [2.24, 2.45) is 29.4 Å². The molecule has 0 spiro atoms. The highest BCUT2D eigenvalue weighted by Crippen LogP contribution is 2.31. The molecule has 40 heavy (non-hydrogen) atoms. The van der Waals surface area contributed by atoms with Gasteiger partial charge in [0.25, 0.3) is 0 Å². The first-order chi connectivity index (χ1) is 19.1. The number of amides is 1. The predicted octanol–water partition coefficient (Wildman–Crippen LogP) is 3.83. The molecular weight excluding hydrogens is 512 g/mol. The van der Waals surface area contributed by atoms with Crippen LogP contribution in [0.3, 0.4) is 0 Å². The van der Waals surface area contributed by atoms with Crippen molar-refractivity contribution in [3.63, 3.8) is 0 Å². The standard InChI is InChI=1S/C31H56N2O7/c1-9-39-20-25(37-7)19-33-31(35)26(22(4)5)18-28(34)27(32)17-24(21(2)3)15-23-11-12-29(38-8)30(16-23)40-14-10-13-36-6/h11-12,16,21-22,24-28,34H,9-10,13-15,17-20,32H2,1-8H3,(H,33,35)/t24-,25+,26-,27-,28?/m0/s1. The van der Waals surface area contributed by atoms with Crippen LogP contribution >= 0.6 is 0 Å². The van der Waals surface area contributed by atoms with Crippen molar-refractivity contribution in [1.29, 1.82) is 0 Å². The summed E-state index contributed by atoms with van der Waals surface area (Å²) in [5.74, 6) is 1.60. The number of methoxy groups -OCH3 is 3. The minimum atomic E-state index is -0.795. The molecule has 9 nitrogen and oxygen atoms in total. The van der Waals surface area contributed by atoms with Crippen LogP contribution in [0.4, 0.5) is 0 Å². The van der Waals surface area contributed by atoms with E-state index in [1.54, 1.807) is 21.3 Å². The van der Waals surface area contributed by atoms with Crippen molar-refractivity contribution < 1.29 is 33.6 Å². The van der Waals surface area contributed by atoms with Gasteiger partial charge in [-0.25, -0.2) is 0 Å². The number of hydrogen-bond donors (Lipinski definition) is 3. The number of ether oxygens (including phenoxy) is 5. The van der Waals surface area contributed by atoms with Crippen LogP contribution in [0.25, 0.3) is 0 Å². The van der Waals surface area contributed by atoms with Gasteiger partial charge in [0.2, 0.25) is 5.91 Å². The maximum absolute atomic E-state index is 13.0. The largest absolute Gasteiger partial charge is 0.493 e. The fourth-order valence-electron chi connectivity index (χ4n) is 4.67. The third-order valence-corrected chi connectivity index (χ3v) is 7.47. The zero-order valence-electron chi connectivity index (χ0n) is 26.1. The number of benzene rings is 1. The van der Waals surface area contributed by atoms with Crippen molar-refractivity contribution >= 4 is 5.91 Å². The molecule has 0 aliphatic carbocycles. The van der Waals surface area contributed by atoms with Crippen molar-refractivity contribution in [2.75, 3.05) is 54.3 Å². The minimum Gasteiger partial charge on any atom is -0.493 e. The topological polar surface area (TPSA) is 122 Å². The molecule has 1 unspecified atom stereocenters. The van der Waals surface area contributed by atoms with Crippen LogP contribution < -0.4 is 20.5 Å². The SMILES string of the molecule is CCOC[C@@H](CNC(=O)[C@@H](CC(O)[C@@H](N)C[C@H](Cc1ccc(OC)c(OCCCOC)c1)C(C)C)C(C)C)OC. The van der Waals surface area contributed by atoms with E-state index < -0.39 is 12.1 Å². The molecule has 1 aromatic carbocycles. The Bertz CT molecular complexity index is 821. The van der Waals surface area contributed by atoms with E-state index >= 15 is 0 Å². The summed E-state index contributed by atoms with van der Waals surface area (Å²) in [7, 11) is 4.91. The Morgan fingerprint density at radius 1 is 1.02 bits per heavy atom. The second-order valence-corrected chi connectivity index (χ2v) is 11.2. The smallest absolute Gasteiger partial charge is 0.223 e. The van der Waals surface area contributed by atoms with Crippen LogP contribution in [0.2, 0.25) is 0 Å². The van der Waals surface area contributed by atoms with E-state index in [1.807, 2.05) is 32.9 Å². The van der Waals surface area contributed by atoms with E-state index in [0.29, 0.717) is 63.2 Å². The number of carbonyl (C=O) groups is 1. The van der Waals surface area contributed by atoms with Crippen LogP contribution in [0.1, 0.15) is 59.4 Å². The lowest BCUT2D eigenvalue weighted by Crippen LogP contribution is -2.44. The van der Waals surface area contributed by atoms with Gasteiger partial charge in [0.1, 0.15) is 0 Å². The predicted molar refractivity (Wildman–Crippen MR) is 159 cm³/mol.